The van der Waals surface area contributed by atoms with Gasteiger partial charge in [-0.25, -0.2) is 4.39 Å². The summed E-state index contributed by atoms with van der Waals surface area (Å²) in [6.45, 7) is 5.92. The molecule has 0 spiro atoms. The van der Waals surface area contributed by atoms with Crippen molar-refractivity contribution < 1.29 is 18.7 Å². The number of hydrogen-bond acceptors (Lipinski definition) is 6. The minimum absolute atomic E-state index is 0.0677. The molecule has 180 valence electrons. The number of amides is 2. The highest BCUT2D eigenvalue weighted by atomic mass is 32.2. The summed E-state index contributed by atoms with van der Waals surface area (Å²) in [6.07, 6.45) is 1.71. The average Bonchev–Trinajstić information content (AvgIpc) is 3.37. The highest BCUT2D eigenvalue weighted by Gasteiger charge is 2.36. The molecule has 1 aromatic carbocycles. The molecular weight excluding hydrogens is 471 g/mol. The summed E-state index contributed by atoms with van der Waals surface area (Å²) in [4.78, 5) is 31.2. The number of carbonyl (C=O) groups excluding carboxylic acids is 2. The maximum Gasteiger partial charge on any atom is 0.283 e. The van der Waals surface area contributed by atoms with Crippen molar-refractivity contribution in [2.45, 2.75) is 20.3 Å². The number of thioether (sulfide) groups is 1. The molecule has 1 aromatic heterocycles. The van der Waals surface area contributed by atoms with Crippen molar-refractivity contribution in [3.8, 4) is 5.69 Å². The van der Waals surface area contributed by atoms with E-state index in [1.165, 1.54) is 17.1 Å². The molecule has 0 unspecified atom stereocenters. The molecule has 0 radical (unpaired) electrons. The summed E-state index contributed by atoms with van der Waals surface area (Å²) in [5, 5.41) is 15.1. The topological polar surface area (TPSA) is 103 Å². The van der Waals surface area contributed by atoms with Crippen LogP contribution in [0, 0.1) is 25.1 Å². The molecule has 0 bridgehead atoms. The second-order valence-electron chi connectivity index (χ2n) is 8.32. The van der Waals surface area contributed by atoms with Crippen molar-refractivity contribution in [3.63, 3.8) is 0 Å². The number of hydrogen-bond donors (Lipinski definition) is 1. The van der Waals surface area contributed by atoms with Crippen LogP contribution in [-0.4, -0.2) is 68.6 Å². The van der Waals surface area contributed by atoms with E-state index in [1.54, 1.807) is 23.1 Å². The molecule has 0 atom stereocenters. The molecule has 11 heteroatoms. The molecule has 3 aliphatic rings. The lowest BCUT2D eigenvalue weighted by molar-refractivity contribution is -0.133. The molecule has 35 heavy (non-hydrogen) atoms. The van der Waals surface area contributed by atoms with Crippen molar-refractivity contribution in [2.75, 3.05) is 26.3 Å². The van der Waals surface area contributed by atoms with Gasteiger partial charge in [-0.05, 0) is 67.6 Å². The van der Waals surface area contributed by atoms with Gasteiger partial charge in [-0.1, -0.05) is 0 Å². The third kappa shape index (κ3) is 4.44. The van der Waals surface area contributed by atoms with Gasteiger partial charge in [0.1, 0.15) is 10.9 Å². The zero-order valence-electron chi connectivity index (χ0n) is 19.2. The van der Waals surface area contributed by atoms with Crippen LogP contribution in [0.15, 0.2) is 46.0 Å². The van der Waals surface area contributed by atoms with Crippen molar-refractivity contribution in [1.82, 2.24) is 14.5 Å². The van der Waals surface area contributed by atoms with E-state index in [0.717, 1.165) is 34.4 Å². The highest BCUT2D eigenvalue weighted by Crippen LogP contribution is 2.31. The molecule has 1 N–H and O–H groups in total. The van der Waals surface area contributed by atoms with Gasteiger partial charge in [0.05, 0.1) is 25.2 Å². The van der Waals surface area contributed by atoms with Crippen LogP contribution in [0.4, 0.5) is 4.39 Å². The molecule has 5 rings (SSSR count). The van der Waals surface area contributed by atoms with Gasteiger partial charge in [-0.15, -0.1) is 0 Å². The van der Waals surface area contributed by atoms with E-state index in [0.29, 0.717) is 31.3 Å². The van der Waals surface area contributed by atoms with E-state index in [2.05, 4.69) is 10.1 Å². The van der Waals surface area contributed by atoms with Crippen molar-refractivity contribution in [3.05, 3.63) is 58.7 Å². The number of fused-ring (bicyclic) bond motifs is 1. The van der Waals surface area contributed by atoms with Gasteiger partial charge < -0.3 is 14.2 Å². The molecule has 1 saturated heterocycles. The molecule has 0 saturated carbocycles. The number of ether oxygens (including phenoxy) is 1. The molecule has 2 amide bonds. The van der Waals surface area contributed by atoms with Crippen LogP contribution in [-0.2, 0) is 14.3 Å². The van der Waals surface area contributed by atoms with E-state index in [4.69, 9.17) is 10.1 Å². The largest absolute Gasteiger partial charge is 0.378 e. The first kappa shape index (κ1) is 23.2. The summed E-state index contributed by atoms with van der Waals surface area (Å²) in [5.74, 6) is -1.01. The van der Waals surface area contributed by atoms with Crippen LogP contribution in [0.3, 0.4) is 0 Å². The predicted molar refractivity (Wildman–Crippen MR) is 132 cm³/mol. The Morgan fingerprint density at radius 1 is 1.23 bits per heavy atom. The molecule has 2 aromatic rings. The third-order valence-corrected chi connectivity index (χ3v) is 6.93. The fourth-order valence-corrected chi connectivity index (χ4v) is 5.11. The molecule has 1 fully saturated rings. The van der Waals surface area contributed by atoms with E-state index < -0.39 is 5.91 Å². The Morgan fingerprint density at radius 3 is 2.66 bits per heavy atom. The summed E-state index contributed by atoms with van der Waals surface area (Å²) < 4.78 is 20.6. The lowest BCUT2D eigenvalue weighted by Gasteiger charge is -2.26. The number of aliphatic imine (C=N–C) groups is 1. The normalized spacial score (nSPS) is 19.2. The van der Waals surface area contributed by atoms with Crippen LogP contribution in [0.1, 0.15) is 23.4 Å². The number of aromatic nitrogens is 1. The van der Waals surface area contributed by atoms with Gasteiger partial charge in [-0.2, -0.15) is 15.1 Å². The first-order valence-electron chi connectivity index (χ1n) is 11.1. The van der Waals surface area contributed by atoms with E-state index in [-0.39, 0.29) is 34.7 Å². The van der Waals surface area contributed by atoms with Crippen LogP contribution in [0.2, 0.25) is 0 Å². The summed E-state index contributed by atoms with van der Waals surface area (Å²) in [7, 11) is 0. The monoisotopic (exact) mass is 494 g/mol. The van der Waals surface area contributed by atoms with Crippen LogP contribution in [0.5, 0.6) is 0 Å². The summed E-state index contributed by atoms with van der Waals surface area (Å²) >= 11 is 1.13. The highest BCUT2D eigenvalue weighted by molar-refractivity contribution is 8.27. The molecule has 4 heterocycles. The average molecular weight is 495 g/mol. The fourth-order valence-electron chi connectivity index (χ4n) is 4.23. The molecule has 0 aliphatic carbocycles. The third-order valence-electron chi connectivity index (χ3n) is 6.02. The Balaban J connectivity index is 1.39. The first-order chi connectivity index (χ1) is 16.8. The van der Waals surface area contributed by atoms with Crippen LogP contribution >= 0.6 is 11.8 Å². The maximum atomic E-state index is 13.4. The fraction of sp³-hybridized carbons (Fsp3) is 0.292. The van der Waals surface area contributed by atoms with Crippen LogP contribution < -0.4 is 0 Å². The SMILES string of the molecule is Cc1cc(/C=C2/C(=N)N3N=C(CC(=O)N4CCOCC4)SC3=NC2=O)c(C)n1-c1ccc(F)cc1. The number of nitrogens with one attached hydrogen (secondary N) is 1. The predicted octanol–water partition coefficient (Wildman–Crippen LogP) is 3.10. The second kappa shape index (κ2) is 9.23. The van der Waals surface area contributed by atoms with Crippen molar-refractivity contribution >= 4 is 45.7 Å². The number of benzene rings is 1. The van der Waals surface area contributed by atoms with E-state index in [9.17, 15) is 14.0 Å². The Labute approximate surface area is 205 Å². The van der Waals surface area contributed by atoms with Gasteiger partial charge in [0.25, 0.3) is 5.91 Å². The Bertz CT molecular complexity index is 1320. The number of nitrogens with zero attached hydrogens (tertiary/aromatic N) is 5. The number of carbonyl (C=O) groups is 2. The van der Waals surface area contributed by atoms with Crippen molar-refractivity contribution in [2.24, 2.45) is 10.1 Å². The van der Waals surface area contributed by atoms with Gasteiger partial charge in [0.15, 0.2) is 5.84 Å². The van der Waals surface area contributed by atoms with Gasteiger partial charge in [-0.3, -0.25) is 15.0 Å². The van der Waals surface area contributed by atoms with Crippen LogP contribution in [0.25, 0.3) is 11.8 Å². The molecule has 9 nitrogen and oxygen atoms in total. The van der Waals surface area contributed by atoms with Gasteiger partial charge >= 0.3 is 0 Å². The Kier molecular flexibility index (Phi) is 6.12. The van der Waals surface area contributed by atoms with Gasteiger partial charge in [0.2, 0.25) is 11.1 Å². The number of morpholine rings is 1. The zero-order chi connectivity index (χ0) is 24.7. The Morgan fingerprint density at radius 2 is 1.94 bits per heavy atom. The smallest absolute Gasteiger partial charge is 0.283 e. The quantitative estimate of drug-likeness (QED) is 0.658. The van der Waals surface area contributed by atoms with E-state index >= 15 is 0 Å². The minimum atomic E-state index is -0.531. The number of hydrazone groups is 1. The summed E-state index contributed by atoms with van der Waals surface area (Å²) in [5.41, 5.74) is 3.40. The maximum absolute atomic E-state index is 13.4. The first-order valence-corrected chi connectivity index (χ1v) is 11.9. The Hall–Kier alpha value is -3.57. The van der Waals surface area contributed by atoms with Crippen molar-refractivity contribution in [1.29, 1.82) is 5.41 Å². The lowest BCUT2D eigenvalue weighted by Crippen LogP contribution is -2.41. The second-order valence-corrected chi connectivity index (χ2v) is 9.36. The molecular formula is C24H23FN6O3S. The summed E-state index contributed by atoms with van der Waals surface area (Å²) in [6, 6.07) is 8.07. The zero-order valence-corrected chi connectivity index (χ0v) is 20.1. The minimum Gasteiger partial charge on any atom is -0.378 e. The lowest BCUT2D eigenvalue weighted by atomic mass is 10.1. The number of amidine groups is 2. The standard InChI is InChI=1S/C24H23FN6O3S/c1-14-11-16(15(2)30(14)18-5-3-17(25)4-6-18)12-19-22(26)31-24(27-23(19)33)35-20(28-31)13-21(32)29-7-9-34-10-8-29/h3-6,11-12,26H,7-10,13H2,1-2H3/b19-12-,26-22?. The number of rotatable bonds is 4. The van der Waals surface area contributed by atoms with Gasteiger partial charge in [0, 0.05) is 30.2 Å². The van der Waals surface area contributed by atoms with E-state index in [1.807, 2.05) is 24.5 Å². The number of halogens is 1. The number of aryl methyl sites for hydroxylation is 1. The molecule has 3 aliphatic heterocycles.